The molecule has 0 spiro atoms. The predicted octanol–water partition coefficient (Wildman–Crippen LogP) is 5.64. The molecule has 0 aromatic heterocycles. The summed E-state index contributed by atoms with van der Waals surface area (Å²) < 4.78 is 5.86. The number of hydrogen-bond donors (Lipinski definition) is 1. The fourth-order valence-electron chi connectivity index (χ4n) is 2.98. The van der Waals surface area contributed by atoms with Crippen molar-refractivity contribution in [2.24, 2.45) is 0 Å². The third-order valence-corrected chi connectivity index (χ3v) is 5.06. The van der Waals surface area contributed by atoms with Gasteiger partial charge in [-0.1, -0.05) is 58.0 Å². The number of ether oxygens (including phenoxy) is 1. The number of carbonyl (C=O) groups excluding carboxylic acids is 1. The summed E-state index contributed by atoms with van der Waals surface area (Å²) in [7, 11) is 0. The first-order valence-corrected chi connectivity index (χ1v) is 9.76. The summed E-state index contributed by atoms with van der Waals surface area (Å²) in [4.78, 5) is 12.6. The molecular weight excluding hydrogens is 334 g/mol. The zero-order chi connectivity index (χ0) is 20.2. The highest BCUT2D eigenvalue weighted by Crippen LogP contribution is 2.25. The molecule has 27 heavy (non-hydrogen) atoms. The molecule has 0 fully saturated rings. The van der Waals surface area contributed by atoms with Crippen molar-refractivity contribution in [3.63, 3.8) is 0 Å². The highest BCUT2D eigenvalue weighted by molar-refractivity contribution is 5.81. The van der Waals surface area contributed by atoms with Crippen molar-refractivity contribution in [3.05, 3.63) is 64.7 Å². The lowest BCUT2D eigenvalue weighted by molar-refractivity contribution is -0.128. The van der Waals surface area contributed by atoms with Crippen LogP contribution in [-0.2, 0) is 10.2 Å². The Bertz CT molecular complexity index is 772. The Balaban J connectivity index is 2.02. The molecule has 1 amide bonds. The molecule has 0 unspecified atom stereocenters. The number of amides is 1. The fraction of sp³-hybridized carbons (Fsp3) is 0.458. The highest BCUT2D eigenvalue weighted by atomic mass is 16.5. The quantitative estimate of drug-likeness (QED) is 0.718. The van der Waals surface area contributed by atoms with Crippen molar-refractivity contribution in [1.82, 2.24) is 5.32 Å². The molecular formula is C24H33NO2. The smallest absolute Gasteiger partial charge is 0.261 e. The molecule has 0 saturated carbocycles. The Hall–Kier alpha value is -2.29. The first kappa shape index (κ1) is 21.0. The number of carbonyl (C=O) groups is 1. The number of rotatable bonds is 6. The van der Waals surface area contributed by atoms with E-state index in [1.165, 1.54) is 16.7 Å². The van der Waals surface area contributed by atoms with E-state index in [1.807, 2.05) is 12.1 Å². The summed E-state index contributed by atoms with van der Waals surface area (Å²) in [6, 6.07) is 14.3. The molecule has 2 aromatic rings. The van der Waals surface area contributed by atoms with Crippen LogP contribution in [0, 0.1) is 13.8 Å². The van der Waals surface area contributed by atoms with E-state index in [1.54, 1.807) is 6.92 Å². The Labute approximate surface area is 164 Å². The first-order valence-electron chi connectivity index (χ1n) is 9.76. The van der Waals surface area contributed by atoms with Crippen molar-refractivity contribution in [3.8, 4) is 5.75 Å². The van der Waals surface area contributed by atoms with Gasteiger partial charge in [0.15, 0.2) is 6.10 Å². The van der Waals surface area contributed by atoms with E-state index in [2.05, 4.69) is 77.2 Å². The first-order chi connectivity index (χ1) is 12.6. The molecule has 3 nitrogen and oxygen atoms in total. The van der Waals surface area contributed by atoms with Crippen LogP contribution >= 0.6 is 0 Å². The van der Waals surface area contributed by atoms with E-state index < -0.39 is 6.10 Å². The third-order valence-electron chi connectivity index (χ3n) is 5.06. The molecule has 0 saturated heterocycles. The molecule has 146 valence electrons. The molecule has 2 rings (SSSR count). The second-order valence-electron chi connectivity index (χ2n) is 8.35. The molecule has 0 aliphatic heterocycles. The molecule has 0 aliphatic carbocycles. The summed E-state index contributed by atoms with van der Waals surface area (Å²) in [5.41, 5.74) is 4.98. The zero-order valence-corrected chi connectivity index (χ0v) is 17.7. The molecule has 3 heteroatoms. The molecule has 0 bridgehead atoms. The number of aryl methyl sites for hydroxylation is 2. The lowest BCUT2D eigenvalue weighted by atomic mass is 9.87. The second kappa shape index (κ2) is 8.60. The average Bonchev–Trinajstić information content (AvgIpc) is 2.61. The minimum absolute atomic E-state index is 0.00823. The SMILES string of the molecule is CC[C@@H](NC(=O)[C@@H](C)Oc1ccc(C(C)(C)C)cc1)c1ccc(C)c(C)c1. The van der Waals surface area contributed by atoms with Gasteiger partial charge in [-0.25, -0.2) is 0 Å². The van der Waals surface area contributed by atoms with Gasteiger partial charge >= 0.3 is 0 Å². The van der Waals surface area contributed by atoms with E-state index in [0.29, 0.717) is 5.75 Å². The van der Waals surface area contributed by atoms with Crippen LogP contribution in [-0.4, -0.2) is 12.0 Å². The van der Waals surface area contributed by atoms with Gasteiger partial charge in [-0.2, -0.15) is 0 Å². The Morgan fingerprint density at radius 1 is 1.04 bits per heavy atom. The van der Waals surface area contributed by atoms with Gasteiger partial charge < -0.3 is 10.1 Å². The van der Waals surface area contributed by atoms with E-state index in [0.717, 1.165) is 12.0 Å². The van der Waals surface area contributed by atoms with Crippen LogP contribution in [0.2, 0.25) is 0 Å². The normalized spacial score (nSPS) is 13.7. The number of hydrogen-bond acceptors (Lipinski definition) is 2. The van der Waals surface area contributed by atoms with Gasteiger partial charge in [0.05, 0.1) is 6.04 Å². The van der Waals surface area contributed by atoms with Gasteiger partial charge in [-0.05, 0) is 67.0 Å². The van der Waals surface area contributed by atoms with Crippen molar-refractivity contribution >= 4 is 5.91 Å². The van der Waals surface area contributed by atoms with Crippen LogP contribution in [0.4, 0.5) is 0 Å². The predicted molar refractivity (Wildman–Crippen MR) is 112 cm³/mol. The maximum atomic E-state index is 12.6. The lowest BCUT2D eigenvalue weighted by Gasteiger charge is -2.22. The molecule has 1 N–H and O–H groups in total. The third kappa shape index (κ3) is 5.59. The van der Waals surface area contributed by atoms with Gasteiger partial charge in [0.1, 0.15) is 5.75 Å². The number of benzene rings is 2. The highest BCUT2D eigenvalue weighted by Gasteiger charge is 2.20. The summed E-state index contributed by atoms with van der Waals surface area (Å²) in [5, 5.41) is 3.12. The van der Waals surface area contributed by atoms with Crippen molar-refractivity contribution in [2.75, 3.05) is 0 Å². The Morgan fingerprint density at radius 3 is 2.19 bits per heavy atom. The van der Waals surface area contributed by atoms with Gasteiger partial charge in [-0.3, -0.25) is 4.79 Å². The van der Waals surface area contributed by atoms with Crippen molar-refractivity contribution < 1.29 is 9.53 Å². The standard InChI is InChI=1S/C24H33NO2/c1-8-22(19-10-9-16(2)17(3)15-19)25-23(26)18(4)27-21-13-11-20(12-14-21)24(5,6)7/h9-15,18,22H,8H2,1-7H3,(H,25,26)/t18-,22-/m1/s1. The minimum Gasteiger partial charge on any atom is -0.481 e. The van der Waals surface area contributed by atoms with Crippen LogP contribution in [0.3, 0.4) is 0 Å². The molecule has 0 radical (unpaired) electrons. The minimum atomic E-state index is -0.550. The zero-order valence-electron chi connectivity index (χ0n) is 17.7. The van der Waals surface area contributed by atoms with Crippen molar-refractivity contribution in [2.45, 2.75) is 72.4 Å². The molecule has 2 aromatic carbocycles. The van der Waals surface area contributed by atoms with E-state index in [-0.39, 0.29) is 17.4 Å². The largest absolute Gasteiger partial charge is 0.481 e. The summed E-state index contributed by atoms with van der Waals surface area (Å²) >= 11 is 0. The maximum Gasteiger partial charge on any atom is 0.261 e. The van der Waals surface area contributed by atoms with Crippen LogP contribution in [0.15, 0.2) is 42.5 Å². The van der Waals surface area contributed by atoms with E-state index in [9.17, 15) is 4.79 Å². The van der Waals surface area contributed by atoms with Gasteiger partial charge in [0.2, 0.25) is 0 Å². The van der Waals surface area contributed by atoms with Gasteiger partial charge in [-0.15, -0.1) is 0 Å². The van der Waals surface area contributed by atoms with E-state index in [4.69, 9.17) is 4.74 Å². The summed E-state index contributed by atoms with van der Waals surface area (Å²) in [6.45, 7) is 14.6. The van der Waals surface area contributed by atoms with Crippen molar-refractivity contribution in [1.29, 1.82) is 0 Å². The van der Waals surface area contributed by atoms with Gasteiger partial charge in [0, 0.05) is 0 Å². The van der Waals surface area contributed by atoms with Crippen LogP contribution < -0.4 is 10.1 Å². The Morgan fingerprint density at radius 2 is 1.67 bits per heavy atom. The molecule has 0 heterocycles. The van der Waals surface area contributed by atoms with Crippen LogP contribution in [0.1, 0.15) is 69.3 Å². The maximum absolute atomic E-state index is 12.6. The second-order valence-corrected chi connectivity index (χ2v) is 8.35. The summed E-state index contributed by atoms with van der Waals surface area (Å²) in [6.07, 6.45) is 0.285. The lowest BCUT2D eigenvalue weighted by Crippen LogP contribution is -2.38. The fourth-order valence-corrected chi connectivity index (χ4v) is 2.98. The summed E-state index contributed by atoms with van der Waals surface area (Å²) in [5.74, 6) is 0.616. The molecule has 0 aliphatic rings. The van der Waals surface area contributed by atoms with Gasteiger partial charge in [0.25, 0.3) is 5.91 Å². The average molecular weight is 368 g/mol. The topological polar surface area (TPSA) is 38.3 Å². The Kier molecular flexibility index (Phi) is 6.69. The molecule has 2 atom stereocenters. The monoisotopic (exact) mass is 367 g/mol. The number of nitrogens with one attached hydrogen (secondary N) is 1. The van der Waals surface area contributed by atoms with E-state index >= 15 is 0 Å². The van der Waals surface area contributed by atoms with Crippen LogP contribution in [0.25, 0.3) is 0 Å². The van der Waals surface area contributed by atoms with Crippen LogP contribution in [0.5, 0.6) is 5.75 Å².